The first-order chi connectivity index (χ1) is 16.1. The van der Waals surface area contributed by atoms with Gasteiger partial charge in [-0.1, -0.05) is 12.1 Å². The monoisotopic (exact) mass is 497 g/mol. The van der Waals surface area contributed by atoms with E-state index in [2.05, 4.69) is 4.74 Å². The minimum Gasteiger partial charge on any atom is -0.454 e. The fourth-order valence-electron chi connectivity index (χ4n) is 2.76. The quantitative estimate of drug-likeness (QED) is 0.267. The fraction of sp³-hybridized carbons (Fsp3) is 0.0909. The van der Waals surface area contributed by atoms with Gasteiger partial charge in [-0.05, 0) is 48.5 Å². The highest BCUT2D eigenvalue weighted by molar-refractivity contribution is 7.92. The molecule has 178 valence electrons. The van der Waals surface area contributed by atoms with Gasteiger partial charge in [0, 0.05) is 11.6 Å². The molecule has 0 radical (unpaired) electrons. The molecule has 0 heterocycles. The topological polar surface area (TPSA) is 98.8 Å². The molecule has 34 heavy (non-hydrogen) atoms. The number of hydrogen-bond donors (Lipinski definition) is 1. The Balaban J connectivity index is 1.71. The Kier molecular flexibility index (Phi) is 7.51. The largest absolute Gasteiger partial charge is 0.454 e. The Morgan fingerprint density at radius 2 is 1.62 bits per heavy atom. The van der Waals surface area contributed by atoms with Gasteiger partial charge in [0.05, 0.1) is 11.3 Å². The van der Waals surface area contributed by atoms with Crippen molar-refractivity contribution in [3.63, 3.8) is 0 Å². The maximum absolute atomic E-state index is 13.9. The summed E-state index contributed by atoms with van der Waals surface area (Å²) >= 11 is 0. The van der Waals surface area contributed by atoms with Crippen LogP contribution in [0.25, 0.3) is 0 Å². The van der Waals surface area contributed by atoms with E-state index in [9.17, 15) is 35.6 Å². The van der Waals surface area contributed by atoms with Crippen LogP contribution in [0.1, 0.15) is 20.7 Å². The van der Waals surface area contributed by atoms with Gasteiger partial charge in [0.2, 0.25) is 0 Å². The highest BCUT2D eigenvalue weighted by atomic mass is 32.2. The van der Waals surface area contributed by atoms with Crippen LogP contribution in [0.3, 0.4) is 0 Å². The molecular weight excluding hydrogens is 482 g/mol. The summed E-state index contributed by atoms with van der Waals surface area (Å²) < 4.78 is 87.6. The van der Waals surface area contributed by atoms with E-state index in [1.807, 2.05) is 4.72 Å². The van der Waals surface area contributed by atoms with Gasteiger partial charge in [-0.15, -0.1) is 0 Å². The van der Waals surface area contributed by atoms with Crippen molar-refractivity contribution in [2.75, 3.05) is 11.3 Å². The normalized spacial score (nSPS) is 11.2. The number of esters is 1. The second-order valence-electron chi connectivity index (χ2n) is 6.63. The molecule has 0 spiro atoms. The van der Waals surface area contributed by atoms with Gasteiger partial charge in [0.25, 0.3) is 10.0 Å². The Hall–Kier alpha value is -3.93. The van der Waals surface area contributed by atoms with E-state index in [-0.39, 0.29) is 22.6 Å². The van der Waals surface area contributed by atoms with Gasteiger partial charge in [0.1, 0.15) is 22.3 Å². The average Bonchev–Trinajstić information content (AvgIpc) is 2.77. The first kappa shape index (κ1) is 24.7. The Morgan fingerprint density at radius 1 is 0.941 bits per heavy atom. The van der Waals surface area contributed by atoms with Crippen molar-refractivity contribution in [3.8, 4) is 5.75 Å². The summed E-state index contributed by atoms with van der Waals surface area (Å²) in [5.41, 5.74) is -0.491. The van der Waals surface area contributed by atoms with Crippen molar-refractivity contribution in [2.24, 2.45) is 0 Å². The lowest BCUT2D eigenvalue weighted by Crippen LogP contribution is -2.19. The van der Waals surface area contributed by atoms with Crippen LogP contribution in [0.5, 0.6) is 5.75 Å². The lowest BCUT2D eigenvalue weighted by molar-refractivity contribution is -0.0498. The molecule has 3 aromatic rings. The predicted octanol–water partition coefficient (Wildman–Crippen LogP) is 4.41. The molecule has 0 aliphatic heterocycles. The molecule has 0 saturated heterocycles. The van der Waals surface area contributed by atoms with E-state index >= 15 is 0 Å². The Labute approximate surface area is 191 Å². The van der Waals surface area contributed by atoms with E-state index < -0.39 is 51.5 Å². The van der Waals surface area contributed by atoms with Crippen LogP contribution in [0.15, 0.2) is 71.6 Å². The number of benzene rings is 3. The summed E-state index contributed by atoms with van der Waals surface area (Å²) in [6, 6.07) is 11.8. The third-order valence-corrected chi connectivity index (χ3v) is 5.71. The molecule has 0 bridgehead atoms. The van der Waals surface area contributed by atoms with E-state index in [0.29, 0.717) is 6.07 Å². The van der Waals surface area contributed by atoms with Crippen molar-refractivity contribution in [1.29, 1.82) is 0 Å². The number of para-hydroxylation sites is 1. The minimum absolute atomic E-state index is 0.0511. The van der Waals surface area contributed by atoms with Crippen LogP contribution in [0, 0.1) is 11.6 Å². The highest BCUT2D eigenvalue weighted by Crippen LogP contribution is 2.23. The Bertz CT molecular complexity index is 1310. The van der Waals surface area contributed by atoms with Crippen molar-refractivity contribution in [1.82, 2.24) is 0 Å². The highest BCUT2D eigenvalue weighted by Gasteiger charge is 2.23. The number of nitrogens with one attached hydrogen (secondary N) is 1. The SMILES string of the molecule is O=C(COC(=O)c1ccccc1NS(=O)(=O)c1ccc(F)cc1F)c1ccc(OC(F)F)cc1. The predicted molar refractivity (Wildman–Crippen MR) is 111 cm³/mol. The second kappa shape index (κ2) is 10.3. The molecule has 0 unspecified atom stereocenters. The second-order valence-corrected chi connectivity index (χ2v) is 8.28. The molecule has 0 aliphatic rings. The maximum Gasteiger partial charge on any atom is 0.387 e. The van der Waals surface area contributed by atoms with E-state index in [0.717, 1.165) is 24.3 Å². The van der Waals surface area contributed by atoms with Gasteiger partial charge in [-0.3, -0.25) is 9.52 Å². The number of ketones is 1. The molecule has 3 rings (SSSR count). The zero-order valence-electron chi connectivity index (χ0n) is 17.0. The molecule has 0 aromatic heterocycles. The lowest BCUT2D eigenvalue weighted by atomic mass is 10.1. The van der Waals surface area contributed by atoms with Gasteiger partial charge in [-0.2, -0.15) is 8.78 Å². The summed E-state index contributed by atoms with van der Waals surface area (Å²) in [6.07, 6.45) is 0. The number of carbonyl (C=O) groups excluding carboxylic acids is 2. The van der Waals surface area contributed by atoms with Crippen molar-refractivity contribution in [2.45, 2.75) is 11.5 Å². The molecule has 0 atom stereocenters. The van der Waals surface area contributed by atoms with Gasteiger partial charge in [-0.25, -0.2) is 22.0 Å². The number of sulfonamides is 1. The number of hydrogen-bond acceptors (Lipinski definition) is 6. The van der Waals surface area contributed by atoms with Crippen LogP contribution in [0.4, 0.5) is 23.2 Å². The summed E-state index contributed by atoms with van der Waals surface area (Å²) in [4.78, 5) is 23.9. The number of carbonyl (C=O) groups is 2. The third-order valence-electron chi connectivity index (χ3n) is 4.31. The number of alkyl halides is 2. The third kappa shape index (κ3) is 6.10. The molecular formula is C22H15F4NO6S. The summed E-state index contributed by atoms with van der Waals surface area (Å²) in [5, 5.41) is 0. The zero-order chi connectivity index (χ0) is 24.9. The number of rotatable bonds is 9. The smallest absolute Gasteiger partial charge is 0.387 e. The van der Waals surface area contributed by atoms with Crippen molar-refractivity contribution in [3.05, 3.63) is 89.5 Å². The molecule has 12 heteroatoms. The lowest BCUT2D eigenvalue weighted by Gasteiger charge is -2.13. The summed E-state index contributed by atoms with van der Waals surface area (Å²) in [6.45, 7) is -3.76. The maximum atomic E-state index is 13.9. The molecule has 0 aliphatic carbocycles. The van der Waals surface area contributed by atoms with E-state index in [1.54, 1.807) is 0 Å². The first-order valence-electron chi connectivity index (χ1n) is 9.39. The molecule has 0 saturated carbocycles. The van der Waals surface area contributed by atoms with E-state index in [1.165, 1.54) is 36.4 Å². The number of halogens is 4. The molecule has 7 nitrogen and oxygen atoms in total. The van der Waals surface area contributed by atoms with Gasteiger partial charge >= 0.3 is 12.6 Å². The first-order valence-corrected chi connectivity index (χ1v) is 10.9. The number of ether oxygens (including phenoxy) is 2. The summed E-state index contributed by atoms with van der Waals surface area (Å²) in [7, 11) is -4.54. The van der Waals surface area contributed by atoms with Crippen LogP contribution < -0.4 is 9.46 Å². The number of anilines is 1. The standard InChI is InChI=1S/C22H15F4NO6S/c23-14-7-10-20(17(24)11-14)34(30,31)27-18-4-2-1-3-16(18)21(29)32-12-19(28)13-5-8-15(9-6-13)33-22(25)26/h1-11,22,27H,12H2. The number of Topliss-reactive ketones (excluding diaryl/α,β-unsaturated/α-hetero) is 1. The molecule has 0 amide bonds. The van der Waals surface area contributed by atoms with Crippen LogP contribution >= 0.6 is 0 Å². The molecule has 3 aromatic carbocycles. The van der Waals surface area contributed by atoms with Gasteiger partial charge in [0.15, 0.2) is 12.4 Å². The van der Waals surface area contributed by atoms with E-state index in [4.69, 9.17) is 4.74 Å². The molecule has 0 fully saturated rings. The van der Waals surface area contributed by atoms with Crippen LogP contribution in [-0.4, -0.2) is 33.4 Å². The van der Waals surface area contributed by atoms with Crippen LogP contribution in [0.2, 0.25) is 0 Å². The van der Waals surface area contributed by atoms with Crippen LogP contribution in [-0.2, 0) is 14.8 Å². The average molecular weight is 497 g/mol. The zero-order valence-corrected chi connectivity index (χ0v) is 17.8. The minimum atomic E-state index is -4.54. The fourth-order valence-corrected chi connectivity index (χ4v) is 3.90. The summed E-state index contributed by atoms with van der Waals surface area (Å²) in [5.74, 6) is -4.20. The van der Waals surface area contributed by atoms with Crippen molar-refractivity contribution < 1.29 is 45.0 Å². The van der Waals surface area contributed by atoms with Gasteiger partial charge < -0.3 is 9.47 Å². The Morgan fingerprint density at radius 3 is 2.26 bits per heavy atom. The molecule has 1 N–H and O–H groups in total. The van der Waals surface area contributed by atoms with Crippen molar-refractivity contribution >= 4 is 27.5 Å².